The molecule has 10 nitrogen and oxygen atoms in total. The molecule has 196 valence electrons. The van der Waals surface area contributed by atoms with Crippen LogP contribution in [-0.2, 0) is 24.2 Å². The monoisotopic (exact) mass is 506 g/mol. The lowest BCUT2D eigenvalue weighted by atomic mass is 9.74. The van der Waals surface area contributed by atoms with Gasteiger partial charge < -0.3 is 19.5 Å². The van der Waals surface area contributed by atoms with Crippen molar-refractivity contribution in [1.82, 2.24) is 30.4 Å². The maximum atomic E-state index is 13.6. The number of hydrogen-bond acceptors (Lipinski definition) is 7. The van der Waals surface area contributed by atoms with Gasteiger partial charge >= 0.3 is 0 Å². The van der Waals surface area contributed by atoms with Crippen LogP contribution in [0.25, 0.3) is 0 Å². The largest absolute Gasteiger partial charge is 0.494 e. The molecule has 6 rings (SSSR count). The van der Waals surface area contributed by atoms with Gasteiger partial charge in [-0.25, -0.2) is 0 Å². The first kappa shape index (κ1) is 25.0. The zero-order chi connectivity index (χ0) is 25.8. The van der Waals surface area contributed by atoms with Crippen LogP contribution in [0.3, 0.4) is 0 Å². The van der Waals surface area contributed by atoms with Crippen LogP contribution in [0, 0.1) is 5.41 Å². The van der Waals surface area contributed by atoms with E-state index < -0.39 is 5.41 Å². The number of rotatable bonds is 2. The molecule has 1 fully saturated rings. The van der Waals surface area contributed by atoms with Crippen molar-refractivity contribution in [2.75, 3.05) is 26.2 Å². The van der Waals surface area contributed by atoms with Crippen molar-refractivity contribution < 1.29 is 18.8 Å². The lowest BCUT2D eigenvalue weighted by Crippen LogP contribution is -2.51. The molecule has 3 aliphatic heterocycles. The van der Waals surface area contributed by atoms with E-state index in [1.54, 1.807) is 15.6 Å². The average molecular weight is 507 g/mol. The van der Waals surface area contributed by atoms with E-state index in [0.717, 1.165) is 29.8 Å². The average Bonchev–Trinajstić information content (AvgIpc) is 3.57. The van der Waals surface area contributed by atoms with Crippen molar-refractivity contribution >= 4 is 11.8 Å². The molecule has 1 spiro atoms. The molecule has 37 heavy (non-hydrogen) atoms. The lowest BCUT2D eigenvalue weighted by Gasteiger charge is -2.40. The zero-order valence-electron chi connectivity index (χ0n) is 21.5. The molecule has 0 aliphatic carbocycles. The Bertz CT molecular complexity index is 1220. The minimum atomic E-state index is -0.661. The Hall–Kier alpha value is -3.69. The molecule has 2 aromatic heterocycles. The number of fused-ring (bicyclic) bond motifs is 8. The summed E-state index contributed by atoms with van der Waals surface area (Å²) in [4.78, 5) is 28.5. The fraction of sp³-hybridized carbons (Fsp3) is 0.519. The van der Waals surface area contributed by atoms with Crippen molar-refractivity contribution in [1.29, 1.82) is 0 Å². The first-order valence-corrected chi connectivity index (χ1v) is 13.1. The number of amides is 2. The van der Waals surface area contributed by atoms with Crippen molar-refractivity contribution in [2.24, 2.45) is 5.41 Å². The van der Waals surface area contributed by atoms with E-state index in [4.69, 9.17) is 9.26 Å². The number of carbonyl (C=O) groups is 2. The Morgan fingerprint density at radius 2 is 1.92 bits per heavy atom. The molecule has 5 heterocycles. The van der Waals surface area contributed by atoms with Gasteiger partial charge in [-0.3, -0.25) is 14.3 Å². The summed E-state index contributed by atoms with van der Waals surface area (Å²) in [6, 6.07) is 9.73. The van der Waals surface area contributed by atoms with E-state index in [-0.39, 0.29) is 17.7 Å². The first-order chi connectivity index (χ1) is 17.9. The second-order valence-electron chi connectivity index (χ2n) is 10.3. The van der Waals surface area contributed by atoms with Crippen LogP contribution in [0.1, 0.15) is 66.5 Å². The summed E-state index contributed by atoms with van der Waals surface area (Å²) in [5, 5.41) is 15.8. The summed E-state index contributed by atoms with van der Waals surface area (Å²) >= 11 is 0. The normalized spacial score (nSPS) is 18.5. The quantitative estimate of drug-likeness (QED) is 0.568. The van der Waals surface area contributed by atoms with Gasteiger partial charge in [0.1, 0.15) is 11.5 Å². The molecule has 0 unspecified atom stereocenters. The third-order valence-corrected chi connectivity index (χ3v) is 7.33. The van der Waals surface area contributed by atoms with Crippen molar-refractivity contribution in [3.8, 4) is 5.75 Å². The number of piperidine rings is 1. The van der Waals surface area contributed by atoms with Crippen LogP contribution in [-0.4, -0.2) is 63.1 Å². The summed E-state index contributed by atoms with van der Waals surface area (Å²) in [6.45, 7) is 6.72. The molecule has 0 atom stereocenters. The molecular weight excluding hydrogens is 472 g/mol. The summed E-state index contributed by atoms with van der Waals surface area (Å²) in [5.74, 6) is 1.52. The summed E-state index contributed by atoms with van der Waals surface area (Å²) in [6.07, 6.45) is 5.00. The molecule has 0 saturated carbocycles. The number of benzene rings is 1. The van der Waals surface area contributed by atoms with Gasteiger partial charge in [0, 0.05) is 57.2 Å². The van der Waals surface area contributed by atoms with Crippen molar-refractivity contribution in [3.05, 3.63) is 59.2 Å². The Morgan fingerprint density at radius 3 is 2.65 bits per heavy atom. The van der Waals surface area contributed by atoms with Crippen LogP contribution in [0.15, 0.2) is 41.1 Å². The van der Waals surface area contributed by atoms with Crippen LogP contribution >= 0.6 is 0 Å². The fourth-order valence-electron chi connectivity index (χ4n) is 5.00. The SMILES string of the molecule is CC(C)c1cc(C(=O)N2CCC3(CC2)Cc2cn(nn2)CCCOc2ccc(cc2)CCNC3=O)no1. The molecule has 1 N–H and O–H groups in total. The summed E-state index contributed by atoms with van der Waals surface area (Å²) < 4.78 is 13.0. The molecule has 3 aliphatic rings. The highest BCUT2D eigenvalue weighted by atomic mass is 16.5. The highest BCUT2D eigenvalue weighted by Gasteiger charge is 2.43. The number of nitrogens with one attached hydrogen (secondary N) is 1. The van der Waals surface area contributed by atoms with Gasteiger partial charge in [-0.05, 0) is 37.0 Å². The molecule has 3 aromatic rings. The highest BCUT2D eigenvalue weighted by Crippen LogP contribution is 2.36. The topological polar surface area (TPSA) is 115 Å². The van der Waals surface area contributed by atoms with Gasteiger partial charge in [0.05, 0.1) is 17.7 Å². The summed E-state index contributed by atoms with van der Waals surface area (Å²) in [5.41, 5.74) is 1.58. The minimum absolute atomic E-state index is 0.00180. The van der Waals surface area contributed by atoms with Gasteiger partial charge in [-0.1, -0.05) is 36.4 Å². The maximum Gasteiger partial charge on any atom is 0.276 e. The molecule has 0 radical (unpaired) electrons. The number of nitrogens with zero attached hydrogens (tertiary/aromatic N) is 5. The van der Waals surface area contributed by atoms with E-state index in [2.05, 4.69) is 20.8 Å². The van der Waals surface area contributed by atoms with Gasteiger partial charge in [0.25, 0.3) is 5.91 Å². The number of likely N-dealkylation sites (tertiary alicyclic amines) is 1. The van der Waals surface area contributed by atoms with Crippen molar-refractivity contribution in [3.63, 3.8) is 0 Å². The Morgan fingerprint density at radius 1 is 1.14 bits per heavy atom. The highest BCUT2D eigenvalue weighted by molar-refractivity contribution is 5.92. The van der Waals surface area contributed by atoms with E-state index in [1.807, 2.05) is 44.3 Å². The molecule has 1 saturated heterocycles. The standard InChI is InChI=1S/C27H34N6O4/c1-19(2)24-16-23(30-37-24)25(34)32-13-9-27(10-14-32)17-21-18-33(31-29-21)12-3-15-36-22-6-4-20(5-7-22)8-11-28-26(27)35/h4-7,16,18-19H,3,8-15,17H2,1-2H3,(H,28,35). The molecule has 4 bridgehead atoms. The molecule has 10 heteroatoms. The third-order valence-electron chi connectivity index (χ3n) is 7.33. The van der Waals surface area contributed by atoms with Crippen molar-refractivity contribution in [2.45, 2.75) is 58.4 Å². The number of ether oxygens (including phenoxy) is 1. The second kappa shape index (κ2) is 10.7. The Labute approximate surface area is 216 Å². The van der Waals surface area contributed by atoms with Crippen LogP contribution < -0.4 is 10.1 Å². The van der Waals surface area contributed by atoms with E-state index in [1.165, 1.54) is 0 Å². The minimum Gasteiger partial charge on any atom is -0.494 e. The Kier molecular flexibility index (Phi) is 7.25. The van der Waals surface area contributed by atoms with E-state index in [0.29, 0.717) is 63.5 Å². The fourth-order valence-corrected chi connectivity index (χ4v) is 5.00. The predicted molar refractivity (Wildman–Crippen MR) is 135 cm³/mol. The number of aryl methyl sites for hydroxylation is 1. The molecule has 1 aromatic carbocycles. The predicted octanol–water partition coefficient (Wildman–Crippen LogP) is 3.00. The number of hydrogen-bond donors (Lipinski definition) is 1. The van der Waals surface area contributed by atoms with Gasteiger partial charge in [0.2, 0.25) is 5.91 Å². The lowest BCUT2D eigenvalue weighted by molar-refractivity contribution is -0.133. The first-order valence-electron chi connectivity index (χ1n) is 13.1. The van der Waals surface area contributed by atoms with Gasteiger partial charge in [-0.15, -0.1) is 5.10 Å². The number of aromatic nitrogens is 4. The van der Waals surface area contributed by atoms with Crippen LogP contribution in [0.4, 0.5) is 0 Å². The van der Waals surface area contributed by atoms with E-state index in [9.17, 15) is 9.59 Å². The van der Waals surface area contributed by atoms with Gasteiger partial charge in [0.15, 0.2) is 5.69 Å². The second-order valence-corrected chi connectivity index (χ2v) is 10.3. The third kappa shape index (κ3) is 5.68. The smallest absolute Gasteiger partial charge is 0.276 e. The van der Waals surface area contributed by atoms with E-state index >= 15 is 0 Å². The van der Waals surface area contributed by atoms with Crippen LogP contribution in [0.5, 0.6) is 5.75 Å². The zero-order valence-corrected chi connectivity index (χ0v) is 21.5. The van der Waals surface area contributed by atoms with Crippen LogP contribution in [0.2, 0.25) is 0 Å². The van der Waals surface area contributed by atoms with Gasteiger partial charge in [-0.2, -0.15) is 0 Å². The summed E-state index contributed by atoms with van der Waals surface area (Å²) in [7, 11) is 0. The Balaban J connectivity index is 1.32. The molecule has 2 amide bonds. The molecular formula is C27H34N6O4. The number of carbonyl (C=O) groups excluding carboxylic acids is 2. The maximum absolute atomic E-state index is 13.6.